The van der Waals surface area contributed by atoms with Crippen LogP contribution >= 0.6 is 11.3 Å². The lowest BCUT2D eigenvalue weighted by molar-refractivity contribution is 0.475. The van der Waals surface area contributed by atoms with Gasteiger partial charge < -0.3 is 5.11 Å². The summed E-state index contributed by atoms with van der Waals surface area (Å²) in [4.78, 5) is 1.18. The summed E-state index contributed by atoms with van der Waals surface area (Å²) in [5.41, 5.74) is 1.12. The van der Waals surface area contributed by atoms with Gasteiger partial charge in [0.05, 0.1) is 0 Å². The highest BCUT2D eigenvalue weighted by molar-refractivity contribution is 7.13. The topological polar surface area (TPSA) is 20.2 Å². The Balaban J connectivity index is 2.43. The second-order valence-corrected chi connectivity index (χ2v) is 3.34. The van der Waals surface area contributed by atoms with Crippen molar-refractivity contribution in [2.45, 2.75) is 0 Å². The second kappa shape index (κ2) is 2.99. The minimum absolute atomic E-state index is 0.305. The average molecular weight is 175 g/mol. The molecule has 2 rings (SSSR count). The molecular weight excluding hydrogens is 168 g/mol. The van der Waals surface area contributed by atoms with E-state index in [9.17, 15) is 0 Å². The molecule has 59 valence electrons. The Morgan fingerprint density at radius 2 is 1.83 bits per heavy atom. The van der Waals surface area contributed by atoms with Crippen LogP contribution in [0, 0.1) is 5.38 Å². The van der Waals surface area contributed by atoms with Crippen LogP contribution in [-0.2, 0) is 0 Å². The number of benzene rings is 1. The Morgan fingerprint density at radius 3 is 2.42 bits per heavy atom. The lowest BCUT2D eigenvalue weighted by Crippen LogP contribution is -1.69. The van der Waals surface area contributed by atoms with Gasteiger partial charge in [0.25, 0.3) is 0 Å². The van der Waals surface area contributed by atoms with E-state index in [1.807, 2.05) is 24.3 Å². The monoisotopic (exact) mass is 175 g/mol. The van der Waals surface area contributed by atoms with E-state index in [0.717, 1.165) is 5.56 Å². The third-order valence-corrected chi connectivity index (χ3v) is 2.47. The van der Waals surface area contributed by atoms with E-state index >= 15 is 0 Å². The van der Waals surface area contributed by atoms with Gasteiger partial charge in [0.15, 0.2) is 0 Å². The minimum Gasteiger partial charge on any atom is -0.508 e. The molecule has 1 nitrogen and oxygen atoms in total. The molecule has 0 saturated carbocycles. The van der Waals surface area contributed by atoms with Crippen LogP contribution in [0.15, 0.2) is 36.4 Å². The third-order valence-electron chi connectivity index (χ3n) is 1.62. The van der Waals surface area contributed by atoms with Crippen LogP contribution in [0.1, 0.15) is 0 Å². The van der Waals surface area contributed by atoms with Gasteiger partial charge in [-0.15, -0.1) is 11.3 Å². The number of phenolic OH excluding ortho intramolecular Hbond substituents is 1. The molecule has 0 fully saturated rings. The van der Waals surface area contributed by atoms with Gasteiger partial charge in [-0.05, 0) is 42.0 Å². The largest absolute Gasteiger partial charge is 0.508 e. The number of aromatic hydroxyl groups is 1. The highest BCUT2D eigenvalue weighted by Gasteiger charge is 1.96. The van der Waals surface area contributed by atoms with E-state index < -0.39 is 0 Å². The van der Waals surface area contributed by atoms with Crippen LogP contribution in [0.3, 0.4) is 0 Å². The molecule has 1 aromatic carbocycles. The second-order valence-electron chi connectivity index (χ2n) is 2.46. The first-order chi connectivity index (χ1) is 5.86. The van der Waals surface area contributed by atoms with E-state index in [1.165, 1.54) is 4.88 Å². The van der Waals surface area contributed by atoms with Gasteiger partial charge in [0.1, 0.15) is 5.75 Å². The summed E-state index contributed by atoms with van der Waals surface area (Å²) in [7, 11) is 0. The summed E-state index contributed by atoms with van der Waals surface area (Å²) in [5.74, 6) is 0.305. The molecule has 0 unspecified atom stereocenters. The number of hydrogen-bond donors (Lipinski definition) is 1. The molecule has 1 aromatic heterocycles. The molecule has 0 aliphatic carbocycles. The molecule has 0 spiro atoms. The molecule has 2 heteroatoms. The Bertz CT molecular complexity index is 348. The Morgan fingerprint density at radius 1 is 1.08 bits per heavy atom. The maximum Gasteiger partial charge on any atom is 0.115 e. The Hall–Kier alpha value is -1.28. The fourth-order valence-corrected chi connectivity index (χ4v) is 1.68. The van der Waals surface area contributed by atoms with Crippen LogP contribution in [0.25, 0.3) is 10.4 Å². The van der Waals surface area contributed by atoms with Crippen LogP contribution in [0.2, 0.25) is 0 Å². The fraction of sp³-hybridized carbons (Fsp3) is 0. The van der Waals surface area contributed by atoms with Gasteiger partial charge in [0.2, 0.25) is 0 Å². The molecule has 2 aromatic rings. The summed E-state index contributed by atoms with van der Waals surface area (Å²) in [6.45, 7) is 0. The smallest absolute Gasteiger partial charge is 0.115 e. The quantitative estimate of drug-likeness (QED) is 0.706. The van der Waals surface area contributed by atoms with Crippen molar-refractivity contribution in [3.8, 4) is 16.2 Å². The molecule has 12 heavy (non-hydrogen) atoms. The van der Waals surface area contributed by atoms with Crippen molar-refractivity contribution in [3.63, 3.8) is 0 Å². The first-order valence-electron chi connectivity index (χ1n) is 3.61. The van der Waals surface area contributed by atoms with Crippen LogP contribution in [0.5, 0.6) is 5.75 Å². The normalized spacial score (nSPS) is 10.0. The van der Waals surface area contributed by atoms with Crippen molar-refractivity contribution >= 4 is 11.3 Å². The number of thiophene rings is 1. The SMILES string of the molecule is Oc1ccc(-c2cc[c]s2)cc1. The summed E-state index contributed by atoms with van der Waals surface area (Å²) in [5, 5.41) is 12.1. The molecule has 0 aliphatic heterocycles. The zero-order chi connectivity index (χ0) is 8.39. The predicted molar refractivity (Wildman–Crippen MR) is 50.3 cm³/mol. The first kappa shape index (κ1) is 7.37. The van der Waals surface area contributed by atoms with Gasteiger partial charge in [-0.3, -0.25) is 0 Å². The summed E-state index contributed by atoms with van der Waals surface area (Å²) >= 11 is 1.58. The number of rotatable bonds is 1. The first-order valence-corrected chi connectivity index (χ1v) is 4.43. The van der Waals surface area contributed by atoms with Crippen molar-refractivity contribution < 1.29 is 5.11 Å². The molecule has 1 N–H and O–H groups in total. The van der Waals surface area contributed by atoms with E-state index in [-0.39, 0.29) is 0 Å². The van der Waals surface area contributed by atoms with Crippen molar-refractivity contribution in [1.82, 2.24) is 0 Å². The van der Waals surface area contributed by atoms with Crippen molar-refractivity contribution in [2.75, 3.05) is 0 Å². The van der Waals surface area contributed by atoms with E-state index in [1.54, 1.807) is 23.5 Å². The zero-order valence-corrected chi connectivity index (χ0v) is 7.14. The lowest BCUT2D eigenvalue weighted by atomic mass is 10.2. The third kappa shape index (κ3) is 1.34. The van der Waals surface area contributed by atoms with Crippen LogP contribution in [0.4, 0.5) is 0 Å². The fourth-order valence-electron chi connectivity index (χ4n) is 1.02. The van der Waals surface area contributed by atoms with E-state index in [2.05, 4.69) is 5.38 Å². The Kier molecular flexibility index (Phi) is 1.84. The molecule has 0 atom stereocenters. The van der Waals surface area contributed by atoms with Crippen molar-refractivity contribution in [1.29, 1.82) is 0 Å². The molecule has 0 aliphatic rings. The molecule has 1 radical (unpaired) electrons. The van der Waals surface area contributed by atoms with Gasteiger partial charge in [-0.1, -0.05) is 0 Å². The van der Waals surface area contributed by atoms with Gasteiger partial charge in [0, 0.05) is 10.3 Å². The molecule has 1 heterocycles. The van der Waals surface area contributed by atoms with Crippen molar-refractivity contribution in [3.05, 3.63) is 41.8 Å². The molecule has 0 bridgehead atoms. The predicted octanol–water partition coefficient (Wildman–Crippen LogP) is 2.92. The highest BCUT2D eigenvalue weighted by Crippen LogP contribution is 2.25. The zero-order valence-electron chi connectivity index (χ0n) is 6.32. The number of hydrogen-bond acceptors (Lipinski definition) is 2. The average Bonchev–Trinajstić information content (AvgIpc) is 2.58. The summed E-state index contributed by atoms with van der Waals surface area (Å²) in [6, 6.07) is 11.1. The van der Waals surface area contributed by atoms with Crippen LogP contribution < -0.4 is 0 Å². The number of phenols is 1. The van der Waals surface area contributed by atoms with Gasteiger partial charge in [-0.25, -0.2) is 0 Å². The Labute approximate surface area is 74.9 Å². The summed E-state index contributed by atoms with van der Waals surface area (Å²) in [6.07, 6.45) is 0. The van der Waals surface area contributed by atoms with E-state index in [0.29, 0.717) is 5.75 Å². The maximum atomic E-state index is 9.05. The van der Waals surface area contributed by atoms with Crippen LogP contribution in [-0.4, -0.2) is 5.11 Å². The van der Waals surface area contributed by atoms with Gasteiger partial charge in [-0.2, -0.15) is 0 Å². The van der Waals surface area contributed by atoms with Crippen molar-refractivity contribution in [2.24, 2.45) is 0 Å². The maximum absolute atomic E-state index is 9.05. The molecule has 0 amide bonds. The standard InChI is InChI=1S/C10H7OS/c11-9-5-3-8(4-6-9)10-2-1-7-12-10/h1-6,11H. The summed E-state index contributed by atoms with van der Waals surface area (Å²) < 4.78 is 0. The molecule has 0 saturated heterocycles. The van der Waals surface area contributed by atoms with E-state index in [4.69, 9.17) is 5.11 Å². The highest BCUT2D eigenvalue weighted by atomic mass is 32.1. The lowest BCUT2D eigenvalue weighted by Gasteiger charge is -1.95. The minimum atomic E-state index is 0.305. The molecular formula is C10H7OS. The van der Waals surface area contributed by atoms with Gasteiger partial charge >= 0.3 is 0 Å².